The van der Waals surface area contributed by atoms with E-state index in [0.717, 1.165) is 17.4 Å². The molecule has 0 spiro atoms. The lowest BCUT2D eigenvalue weighted by atomic mass is 10.1. The largest absolute Gasteiger partial charge is 0.340 e. The summed E-state index contributed by atoms with van der Waals surface area (Å²) >= 11 is 3.66. The van der Waals surface area contributed by atoms with E-state index in [9.17, 15) is 0 Å². The zero-order chi connectivity index (χ0) is 13.2. The molecule has 19 heavy (non-hydrogen) atoms. The van der Waals surface area contributed by atoms with E-state index in [-0.39, 0.29) is 0 Å². The van der Waals surface area contributed by atoms with E-state index in [1.165, 1.54) is 22.2 Å². The minimum Gasteiger partial charge on any atom is -0.340 e. The van der Waals surface area contributed by atoms with Crippen LogP contribution in [0.4, 0.5) is 0 Å². The van der Waals surface area contributed by atoms with Gasteiger partial charge in [0.05, 0.1) is 5.69 Å². The molecule has 3 rings (SSSR count). The number of hydrogen-bond acceptors (Lipinski definition) is 0. The number of nitrogens with zero attached hydrogens (tertiary/aromatic N) is 1. The lowest BCUT2D eigenvalue weighted by Crippen LogP contribution is -1.99. The van der Waals surface area contributed by atoms with Gasteiger partial charge in [-0.3, -0.25) is 0 Å². The summed E-state index contributed by atoms with van der Waals surface area (Å²) in [6, 6.07) is 19.3. The van der Waals surface area contributed by atoms with Crippen LogP contribution in [0.5, 0.6) is 0 Å². The Balaban J connectivity index is 2.28. The van der Waals surface area contributed by atoms with Crippen molar-refractivity contribution in [3.05, 3.63) is 59.1 Å². The SMILES string of the molecule is CCCn1c(-c2ccccc2Br)cc2ccccc21. The molecule has 0 fully saturated rings. The topological polar surface area (TPSA) is 4.93 Å². The summed E-state index contributed by atoms with van der Waals surface area (Å²) in [5, 5.41) is 1.31. The summed E-state index contributed by atoms with van der Waals surface area (Å²) in [7, 11) is 0. The molecule has 0 N–H and O–H groups in total. The molecule has 2 heteroatoms. The van der Waals surface area contributed by atoms with E-state index in [1.807, 2.05) is 0 Å². The van der Waals surface area contributed by atoms with E-state index in [4.69, 9.17) is 0 Å². The fourth-order valence-electron chi connectivity index (χ4n) is 2.57. The fraction of sp³-hybridized carbons (Fsp3) is 0.176. The summed E-state index contributed by atoms with van der Waals surface area (Å²) in [6.45, 7) is 3.27. The molecule has 0 unspecified atom stereocenters. The summed E-state index contributed by atoms with van der Waals surface area (Å²) in [4.78, 5) is 0. The Morgan fingerprint density at radius 3 is 2.53 bits per heavy atom. The average molecular weight is 314 g/mol. The Morgan fingerprint density at radius 1 is 1.00 bits per heavy atom. The first kappa shape index (κ1) is 12.5. The van der Waals surface area contributed by atoms with Crippen molar-refractivity contribution in [2.24, 2.45) is 0 Å². The lowest BCUT2D eigenvalue weighted by molar-refractivity contribution is 0.709. The van der Waals surface area contributed by atoms with Gasteiger partial charge < -0.3 is 4.57 Å². The van der Waals surface area contributed by atoms with E-state index < -0.39 is 0 Å². The minimum atomic E-state index is 1.05. The summed E-state index contributed by atoms with van der Waals surface area (Å²) in [5.74, 6) is 0. The van der Waals surface area contributed by atoms with Crippen LogP contribution in [-0.2, 0) is 6.54 Å². The highest BCUT2D eigenvalue weighted by atomic mass is 79.9. The maximum atomic E-state index is 3.66. The van der Waals surface area contributed by atoms with Gasteiger partial charge in [-0.05, 0) is 24.6 Å². The van der Waals surface area contributed by atoms with Gasteiger partial charge in [-0.25, -0.2) is 0 Å². The number of fused-ring (bicyclic) bond motifs is 1. The Hall–Kier alpha value is -1.54. The van der Waals surface area contributed by atoms with Gasteiger partial charge in [0, 0.05) is 27.5 Å². The molecule has 0 radical (unpaired) electrons. The molecule has 0 aliphatic carbocycles. The van der Waals surface area contributed by atoms with Gasteiger partial charge in [0.1, 0.15) is 0 Å². The monoisotopic (exact) mass is 313 g/mol. The highest BCUT2D eigenvalue weighted by Gasteiger charge is 2.11. The molecule has 0 saturated heterocycles. The molecule has 3 aromatic rings. The second kappa shape index (κ2) is 5.22. The molecular weight excluding hydrogens is 298 g/mol. The van der Waals surface area contributed by atoms with E-state index in [1.54, 1.807) is 0 Å². The quantitative estimate of drug-likeness (QED) is 0.603. The maximum absolute atomic E-state index is 3.66. The standard InChI is InChI=1S/C17H16BrN/c1-2-11-19-16-10-6-3-7-13(16)12-17(19)14-8-4-5-9-15(14)18/h3-10,12H,2,11H2,1H3. The molecule has 1 heterocycles. The number of rotatable bonds is 3. The molecule has 96 valence electrons. The van der Waals surface area contributed by atoms with Crippen LogP contribution < -0.4 is 0 Å². The third kappa shape index (κ3) is 2.21. The van der Waals surface area contributed by atoms with Crippen molar-refractivity contribution in [3.63, 3.8) is 0 Å². The Morgan fingerprint density at radius 2 is 1.74 bits per heavy atom. The van der Waals surface area contributed by atoms with Gasteiger partial charge in [-0.1, -0.05) is 59.3 Å². The number of para-hydroxylation sites is 1. The van der Waals surface area contributed by atoms with Gasteiger partial charge in [0.2, 0.25) is 0 Å². The van der Waals surface area contributed by atoms with E-state index in [2.05, 4.69) is 82.0 Å². The highest BCUT2D eigenvalue weighted by molar-refractivity contribution is 9.10. The highest BCUT2D eigenvalue weighted by Crippen LogP contribution is 2.33. The molecular formula is C17H16BrN. The van der Waals surface area contributed by atoms with E-state index >= 15 is 0 Å². The van der Waals surface area contributed by atoms with Gasteiger partial charge in [0.15, 0.2) is 0 Å². The van der Waals surface area contributed by atoms with Crippen molar-refractivity contribution in [1.29, 1.82) is 0 Å². The third-order valence-electron chi connectivity index (χ3n) is 3.41. The van der Waals surface area contributed by atoms with Gasteiger partial charge in [-0.2, -0.15) is 0 Å². The smallest absolute Gasteiger partial charge is 0.0502 e. The van der Waals surface area contributed by atoms with Gasteiger partial charge in [-0.15, -0.1) is 0 Å². The van der Waals surface area contributed by atoms with Crippen LogP contribution in [0.1, 0.15) is 13.3 Å². The Bertz CT molecular complexity index is 712. The van der Waals surface area contributed by atoms with Crippen LogP contribution in [0.2, 0.25) is 0 Å². The van der Waals surface area contributed by atoms with Crippen molar-refractivity contribution in [1.82, 2.24) is 4.57 Å². The molecule has 0 aliphatic heterocycles. The first-order valence-corrected chi connectivity index (χ1v) is 7.43. The molecule has 1 aromatic heterocycles. The van der Waals surface area contributed by atoms with Crippen LogP contribution in [0, 0.1) is 0 Å². The van der Waals surface area contributed by atoms with Crippen LogP contribution >= 0.6 is 15.9 Å². The van der Waals surface area contributed by atoms with Crippen LogP contribution in [0.3, 0.4) is 0 Å². The number of aryl methyl sites for hydroxylation is 1. The molecule has 1 nitrogen and oxygen atoms in total. The molecule has 2 aromatic carbocycles. The Labute approximate surface area is 122 Å². The Kier molecular flexibility index (Phi) is 3.43. The van der Waals surface area contributed by atoms with Gasteiger partial charge >= 0.3 is 0 Å². The first-order chi connectivity index (χ1) is 9.31. The lowest BCUT2D eigenvalue weighted by Gasteiger charge is -2.11. The van der Waals surface area contributed by atoms with Crippen molar-refractivity contribution < 1.29 is 0 Å². The summed E-state index contributed by atoms with van der Waals surface area (Å²) in [6.07, 6.45) is 1.14. The normalized spacial score (nSPS) is 11.1. The summed E-state index contributed by atoms with van der Waals surface area (Å²) in [5.41, 5.74) is 3.86. The predicted octanol–water partition coefficient (Wildman–Crippen LogP) is 5.48. The van der Waals surface area contributed by atoms with Crippen molar-refractivity contribution >= 4 is 26.8 Å². The molecule has 0 amide bonds. The average Bonchev–Trinajstić information content (AvgIpc) is 2.79. The van der Waals surface area contributed by atoms with Crippen molar-refractivity contribution in [2.45, 2.75) is 19.9 Å². The van der Waals surface area contributed by atoms with Crippen molar-refractivity contribution in [3.8, 4) is 11.3 Å². The number of hydrogen-bond donors (Lipinski definition) is 0. The zero-order valence-corrected chi connectivity index (χ0v) is 12.5. The fourth-order valence-corrected chi connectivity index (χ4v) is 3.05. The molecule has 0 aliphatic rings. The van der Waals surface area contributed by atoms with Gasteiger partial charge in [0.25, 0.3) is 0 Å². The summed E-state index contributed by atoms with van der Waals surface area (Å²) < 4.78 is 3.56. The first-order valence-electron chi connectivity index (χ1n) is 6.64. The van der Waals surface area contributed by atoms with Crippen molar-refractivity contribution in [2.75, 3.05) is 0 Å². The second-order valence-corrected chi connectivity index (χ2v) is 5.57. The second-order valence-electron chi connectivity index (χ2n) is 4.72. The zero-order valence-electron chi connectivity index (χ0n) is 10.9. The third-order valence-corrected chi connectivity index (χ3v) is 4.10. The molecule has 0 saturated carbocycles. The molecule has 0 bridgehead atoms. The molecule has 0 atom stereocenters. The van der Waals surface area contributed by atoms with Crippen LogP contribution in [-0.4, -0.2) is 4.57 Å². The maximum Gasteiger partial charge on any atom is 0.0502 e. The predicted molar refractivity (Wildman–Crippen MR) is 85.4 cm³/mol. The number of halogens is 1. The van der Waals surface area contributed by atoms with E-state index in [0.29, 0.717) is 0 Å². The number of aromatic nitrogens is 1. The van der Waals surface area contributed by atoms with Crippen LogP contribution in [0.25, 0.3) is 22.2 Å². The minimum absolute atomic E-state index is 1.05. The number of benzene rings is 2. The van der Waals surface area contributed by atoms with Crippen LogP contribution in [0.15, 0.2) is 59.1 Å².